The summed E-state index contributed by atoms with van der Waals surface area (Å²) in [5, 5.41) is 8.29. The monoisotopic (exact) mass is 284 g/mol. The second-order valence-electron chi connectivity index (χ2n) is 2.79. The van der Waals surface area contributed by atoms with Crippen molar-refractivity contribution in [1.29, 1.82) is 0 Å². The van der Waals surface area contributed by atoms with E-state index in [2.05, 4.69) is 26.8 Å². The molecule has 0 bridgehead atoms. The number of hydrogen-bond donors (Lipinski definition) is 3. The molecule has 6 heteroatoms. The first-order valence-electron chi connectivity index (χ1n) is 4.30. The third kappa shape index (κ3) is 4.61. The lowest BCUT2D eigenvalue weighted by Gasteiger charge is -2.05. The molecule has 0 aliphatic heterocycles. The van der Waals surface area contributed by atoms with Crippen LogP contribution < -0.4 is 10.9 Å². The second-order valence-corrected chi connectivity index (χ2v) is 3.71. The first-order chi connectivity index (χ1) is 7.58. The predicted molar refractivity (Wildman–Crippen MR) is 62.7 cm³/mol. The number of carbonyl (C=O) groups excluding carboxylic acids is 1. The van der Waals surface area contributed by atoms with Gasteiger partial charge in [-0.3, -0.25) is 15.6 Å². The van der Waals surface area contributed by atoms with Crippen LogP contribution in [0.2, 0.25) is 0 Å². The highest BCUT2D eigenvalue weighted by atomic mass is 79.9. The van der Waals surface area contributed by atoms with E-state index in [9.17, 15) is 9.59 Å². The van der Waals surface area contributed by atoms with Crippen molar-refractivity contribution in [2.24, 2.45) is 0 Å². The minimum atomic E-state index is -1.17. The van der Waals surface area contributed by atoms with Gasteiger partial charge in [-0.25, -0.2) is 4.79 Å². The highest BCUT2D eigenvalue weighted by Gasteiger charge is 1.96. The van der Waals surface area contributed by atoms with Gasteiger partial charge in [0.25, 0.3) is 5.91 Å². The Morgan fingerprint density at radius 3 is 2.38 bits per heavy atom. The van der Waals surface area contributed by atoms with Crippen LogP contribution >= 0.6 is 15.9 Å². The molecule has 0 radical (unpaired) electrons. The van der Waals surface area contributed by atoms with E-state index in [1.165, 1.54) is 0 Å². The lowest BCUT2D eigenvalue weighted by molar-refractivity contribution is -0.131. The summed E-state index contributed by atoms with van der Waals surface area (Å²) in [7, 11) is 0. The van der Waals surface area contributed by atoms with E-state index in [0.717, 1.165) is 16.6 Å². The van der Waals surface area contributed by atoms with Gasteiger partial charge in [0.15, 0.2) is 0 Å². The Morgan fingerprint density at radius 2 is 1.81 bits per heavy atom. The van der Waals surface area contributed by atoms with Gasteiger partial charge >= 0.3 is 5.97 Å². The molecule has 1 aromatic carbocycles. The van der Waals surface area contributed by atoms with E-state index in [-0.39, 0.29) is 0 Å². The predicted octanol–water partition coefficient (Wildman–Crippen LogP) is 1.53. The van der Waals surface area contributed by atoms with Gasteiger partial charge in [-0.2, -0.15) is 0 Å². The summed E-state index contributed by atoms with van der Waals surface area (Å²) >= 11 is 3.27. The Balaban J connectivity index is 2.43. The third-order valence-electron chi connectivity index (χ3n) is 1.55. The van der Waals surface area contributed by atoms with Crippen molar-refractivity contribution >= 4 is 33.5 Å². The van der Waals surface area contributed by atoms with Gasteiger partial charge < -0.3 is 5.11 Å². The highest BCUT2D eigenvalue weighted by Crippen LogP contribution is 2.12. The molecule has 84 valence electrons. The van der Waals surface area contributed by atoms with Crippen molar-refractivity contribution in [3.05, 3.63) is 40.9 Å². The van der Waals surface area contributed by atoms with Crippen molar-refractivity contribution < 1.29 is 14.7 Å². The van der Waals surface area contributed by atoms with Gasteiger partial charge in [0.05, 0.1) is 5.69 Å². The van der Waals surface area contributed by atoms with Crippen molar-refractivity contribution in [3.63, 3.8) is 0 Å². The fraction of sp³-hybridized carbons (Fsp3) is 0. The molecule has 0 fully saturated rings. The number of hydrazine groups is 1. The number of amides is 1. The molecule has 0 aliphatic carbocycles. The van der Waals surface area contributed by atoms with E-state index >= 15 is 0 Å². The zero-order valence-electron chi connectivity index (χ0n) is 8.11. The molecule has 16 heavy (non-hydrogen) atoms. The molecular weight excluding hydrogens is 276 g/mol. The van der Waals surface area contributed by atoms with Gasteiger partial charge in [-0.1, -0.05) is 15.9 Å². The molecule has 0 spiro atoms. The Labute approximate surface area is 100 Å². The fourth-order valence-electron chi connectivity index (χ4n) is 0.856. The Kier molecular flexibility index (Phi) is 4.53. The molecule has 0 unspecified atom stereocenters. The van der Waals surface area contributed by atoms with E-state index < -0.39 is 11.9 Å². The van der Waals surface area contributed by atoms with E-state index in [1.807, 2.05) is 12.1 Å². The van der Waals surface area contributed by atoms with Crippen molar-refractivity contribution in [3.8, 4) is 0 Å². The van der Waals surface area contributed by atoms with Crippen molar-refractivity contribution in [2.45, 2.75) is 0 Å². The van der Waals surface area contributed by atoms with Crippen LogP contribution in [-0.4, -0.2) is 17.0 Å². The summed E-state index contributed by atoms with van der Waals surface area (Å²) in [6.45, 7) is 0. The number of hydrogen-bond acceptors (Lipinski definition) is 3. The molecule has 1 amide bonds. The molecular formula is C10H9BrN2O3. The molecule has 0 atom stereocenters. The first kappa shape index (κ1) is 12.3. The van der Waals surface area contributed by atoms with Crippen molar-refractivity contribution in [2.75, 3.05) is 5.43 Å². The average Bonchev–Trinajstić information content (AvgIpc) is 2.25. The fourth-order valence-corrected chi connectivity index (χ4v) is 1.12. The summed E-state index contributed by atoms with van der Waals surface area (Å²) in [5.41, 5.74) is 5.64. The summed E-state index contributed by atoms with van der Waals surface area (Å²) < 4.78 is 0.926. The Morgan fingerprint density at radius 1 is 1.19 bits per heavy atom. The lowest BCUT2D eigenvalue weighted by Crippen LogP contribution is -2.27. The Bertz CT molecular complexity index is 415. The molecule has 5 nitrogen and oxygen atoms in total. The highest BCUT2D eigenvalue weighted by molar-refractivity contribution is 9.10. The number of nitrogens with one attached hydrogen (secondary N) is 2. The molecule has 0 saturated heterocycles. The van der Waals surface area contributed by atoms with Crippen LogP contribution in [-0.2, 0) is 9.59 Å². The van der Waals surface area contributed by atoms with Gasteiger partial charge in [-0.05, 0) is 24.3 Å². The Hall–Kier alpha value is -1.82. The number of carboxylic acids is 1. The van der Waals surface area contributed by atoms with Gasteiger partial charge in [0, 0.05) is 16.6 Å². The van der Waals surface area contributed by atoms with Gasteiger partial charge in [0.1, 0.15) is 0 Å². The summed E-state index contributed by atoms with van der Waals surface area (Å²) in [4.78, 5) is 21.2. The van der Waals surface area contributed by atoms with Crippen LogP contribution in [0, 0.1) is 0 Å². The molecule has 1 aromatic rings. The van der Waals surface area contributed by atoms with Gasteiger partial charge in [0.2, 0.25) is 0 Å². The smallest absolute Gasteiger partial charge is 0.328 e. The van der Waals surface area contributed by atoms with Gasteiger partial charge in [-0.15, -0.1) is 0 Å². The van der Waals surface area contributed by atoms with Crippen LogP contribution in [0.4, 0.5) is 5.69 Å². The minimum Gasteiger partial charge on any atom is -0.478 e. The number of halogens is 1. The molecule has 0 aliphatic rings. The van der Waals surface area contributed by atoms with Crippen LogP contribution in [0.5, 0.6) is 0 Å². The molecule has 0 saturated carbocycles. The van der Waals surface area contributed by atoms with E-state index in [4.69, 9.17) is 5.11 Å². The second kappa shape index (κ2) is 5.92. The quantitative estimate of drug-likeness (QED) is 0.579. The zero-order chi connectivity index (χ0) is 12.0. The lowest BCUT2D eigenvalue weighted by atomic mass is 10.3. The van der Waals surface area contributed by atoms with Crippen LogP contribution in [0.15, 0.2) is 40.9 Å². The normalized spacial score (nSPS) is 10.1. The summed E-state index contributed by atoms with van der Waals surface area (Å²) in [6.07, 6.45) is 1.69. The third-order valence-corrected chi connectivity index (χ3v) is 2.08. The molecule has 1 rings (SSSR count). The van der Waals surface area contributed by atoms with Crippen LogP contribution in [0.25, 0.3) is 0 Å². The topological polar surface area (TPSA) is 78.4 Å². The maximum Gasteiger partial charge on any atom is 0.328 e. The SMILES string of the molecule is O=C(O)/C=C/C(=O)NNc1ccc(Br)cc1. The number of aliphatic carboxylic acids is 1. The maximum absolute atomic E-state index is 11.1. The number of carboxylic acid groups (broad SMARTS) is 1. The zero-order valence-corrected chi connectivity index (χ0v) is 9.69. The molecule has 3 N–H and O–H groups in total. The first-order valence-corrected chi connectivity index (χ1v) is 5.10. The van der Waals surface area contributed by atoms with E-state index in [1.54, 1.807) is 12.1 Å². The number of carbonyl (C=O) groups is 2. The largest absolute Gasteiger partial charge is 0.478 e. The standard InChI is InChI=1S/C10H9BrN2O3/c11-7-1-3-8(4-2-7)12-13-9(14)5-6-10(15)16/h1-6,12H,(H,13,14)(H,15,16)/b6-5+. The molecule has 0 heterocycles. The van der Waals surface area contributed by atoms with Crippen molar-refractivity contribution in [1.82, 2.24) is 5.43 Å². The number of anilines is 1. The van der Waals surface area contributed by atoms with Crippen LogP contribution in [0.3, 0.4) is 0 Å². The number of benzene rings is 1. The van der Waals surface area contributed by atoms with Crippen LogP contribution in [0.1, 0.15) is 0 Å². The molecule has 0 aromatic heterocycles. The number of rotatable bonds is 4. The average molecular weight is 285 g/mol. The maximum atomic E-state index is 11.1. The minimum absolute atomic E-state index is 0.537. The van der Waals surface area contributed by atoms with E-state index in [0.29, 0.717) is 5.69 Å². The summed E-state index contributed by atoms with van der Waals surface area (Å²) in [6, 6.07) is 7.12. The summed E-state index contributed by atoms with van der Waals surface area (Å²) in [5.74, 6) is -1.70.